The van der Waals surface area contributed by atoms with Gasteiger partial charge in [0.15, 0.2) is 0 Å². The van der Waals surface area contributed by atoms with Crippen molar-refractivity contribution < 1.29 is 0 Å². The first-order valence-electron chi connectivity index (χ1n) is 5.06. The van der Waals surface area contributed by atoms with Crippen molar-refractivity contribution in [2.24, 2.45) is 5.73 Å². The molecule has 0 radical (unpaired) electrons. The molecule has 5 heteroatoms. The number of hydrogen-bond donors (Lipinski definition) is 1. The largest absolute Gasteiger partial charge is 0.322 e. The lowest BCUT2D eigenvalue weighted by atomic mass is 10.2. The van der Waals surface area contributed by atoms with E-state index in [1.165, 1.54) is 11.3 Å². The summed E-state index contributed by atoms with van der Waals surface area (Å²) in [6, 6.07) is 7.57. The lowest BCUT2D eigenvalue weighted by Crippen LogP contribution is -2.07. The second kappa shape index (κ2) is 4.91. The molecular formula is C11H12ClN3S. The molecular weight excluding hydrogens is 242 g/mol. The summed E-state index contributed by atoms with van der Waals surface area (Å²) in [6.07, 6.45) is 0.858. The summed E-state index contributed by atoms with van der Waals surface area (Å²) in [5.41, 5.74) is 6.81. The van der Waals surface area contributed by atoms with Crippen molar-refractivity contribution in [1.82, 2.24) is 10.2 Å². The maximum absolute atomic E-state index is 6.09. The Hall–Kier alpha value is -0.970. The van der Waals surface area contributed by atoms with Gasteiger partial charge in [-0.25, -0.2) is 0 Å². The summed E-state index contributed by atoms with van der Waals surface area (Å²) < 4.78 is 0. The lowest BCUT2D eigenvalue weighted by Gasteiger charge is -2.01. The smallest absolute Gasteiger partial charge is 0.149 e. The van der Waals surface area contributed by atoms with E-state index in [0.717, 1.165) is 22.0 Å². The van der Waals surface area contributed by atoms with Gasteiger partial charge in [0, 0.05) is 5.56 Å². The molecule has 0 aliphatic rings. The Morgan fingerprint density at radius 3 is 2.81 bits per heavy atom. The number of halogens is 1. The van der Waals surface area contributed by atoms with Crippen LogP contribution < -0.4 is 5.73 Å². The minimum atomic E-state index is -0.0336. The monoisotopic (exact) mass is 253 g/mol. The molecule has 1 aromatic carbocycles. The normalized spacial score (nSPS) is 12.7. The third-order valence-corrected chi connectivity index (χ3v) is 3.72. The number of nitrogens with two attached hydrogens (primary N) is 1. The van der Waals surface area contributed by atoms with E-state index in [2.05, 4.69) is 10.2 Å². The highest BCUT2D eigenvalue weighted by atomic mass is 35.5. The van der Waals surface area contributed by atoms with Gasteiger partial charge in [-0.2, -0.15) is 0 Å². The predicted molar refractivity (Wildman–Crippen MR) is 67.6 cm³/mol. The molecule has 84 valence electrons. The Bertz CT molecular complexity index is 484. The van der Waals surface area contributed by atoms with E-state index < -0.39 is 0 Å². The van der Waals surface area contributed by atoms with Crippen molar-refractivity contribution in [1.29, 1.82) is 0 Å². The van der Waals surface area contributed by atoms with Crippen molar-refractivity contribution in [2.75, 3.05) is 0 Å². The fraction of sp³-hybridized carbons (Fsp3) is 0.273. The highest BCUT2D eigenvalue weighted by Gasteiger charge is 2.13. The zero-order chi connectivity index (χ0) is 11.5. The molecule has 0 bridgehead atoms. The number of rotatable bonds is 3. The van der Waals surface area contributed by atoms with Gasteiger partial charge in [0.05, 0.1) is 11.1 Å². The SMILES string of the molecule is CCC(N)c1nnc(-c2ccccc2Cl)s1. The summed E-state index contributed by atoms with van der Waals surface area (Å²) in [6.45, 7) is 2.03. The van der Waals surface area contributed by atoms with Gasteiger partial charge in [-0.15, -0.1) is 10.2 Å². The van der Waals surface area contributed by atoms with Gasteiger partial charge in [-0.1, -0.05) is 48.1 Å². The number of nitrogens with zero attached hydrogens (tertiary/aromatic N) is 2. The molecule has 3 nitrogen and oxygen atoms in total. The average Bonchev–Trinajstić information content (AvgIpc) is 2.78. The van der Waals surface area contributed by atoms with Crippen LogP contribution in [0.2, 0.25) is 5.02 Å². The van der Waals surface area contributed by atoms with Crippen LogP contribution in [-0.2, 0) is 0 Å². The van der Waals surface area contributed by atoms with Crippen LogP contribution in [0, 0.1) is 0 Å². The van der Waals surface area contributed by atoms with E-state index in [-0.39, 0.29) is 6.04 Å². The Balaban J connectivity index is 2.35. The molecule has 0 saturated carbocycles. The maximum Gasteiger partial charge on any atom is 0.149 e. The molecule has 1 unspecified atom stereocenters. The molecule has 1 heterocycles. The topological polar surface area (TPSA) is 51.8 Å². The Morgan fingerprint density at radius 2 is 2.12 bits per heavy atom. The van der Waals surface area contributed by atoms with Gasteiger partial charge < -0.3 is 5.73 Å². The molecule has 2 aromatic rings. The van der Waals surface area contributed by atoms with Gasteiger partial charge in [-0.3, -0.25) is 0 Å². The highest BCUT2D eigenvalue weighted by Crippen LogP contribution is 2.31. The molecule has 0 amide bonds. The Kier molecular flexibility index (Phi) is 3.53. The van der Waals surface area contributed by atoms with Crippen molar-refractivity contribution in [3.05, 3.63) is 34.3 Å². The van der Waals surface area contributed by atoms with Crippen LogP contribution in [0.4, 0.5) is 0 Å². The Morgan fingerprint density at radius 1 is 1.38 bits per heavy atom. The fourth-order valence-electron chi connectivity index (χ4n) is 1.30. The zero-order valence-corrected chi connectivity index (χ0v) is 10.4. The average molecular weight is 254 g/mol. The van der Waals surface area contributed by atoms with Crippen molar-refractivity contribution in [3.63, 3.8) is 0 Å². The Labute approximate surface area is 103 Å². The molecule has 0 aliphatic carbocycles. The number of hydrogen-bond acceptors (Lipinski definition) is 4. The van der Waals surface area contributed by atoms with Crippen molar-refractivity contribution >= 4 is 22.9 Å². The first-order valence-corrected chi connectivity index (χ1v) is 6.25. The molecule has 1 aromatic heterocycles. The fourth-order valence-corrected chi connectivity index (χ4v) is 2.55. The second-order valence-corrected chi connectivity index (χ2v) is 4.86. The van der Waals surface area contributed by atoms with Crippen LogP contribution in [-0.4, -0.2) is 10.2 Å². The van der Waals surface area contributed by atoms with E-state index in [0.29, 0.717) is 5.02 Å². The van der Waals surface area contributed by atoms with Crippen LogP contribution in [0.5, 0.6) is 0 Å². The highest BCUT2D eigenvalue weighted by molar-refractivity contribution is 7.14. The number of aromatic nitrogens is 2. The van der Waals surface area contributed by atoms with Crippen LogP contribution in [0.25, 0.3) is 10.6 Å². The van der Waals surface area contributed by atoms with Gasteiger partial charge in [0.2, 0.25) is 0 Å². The molecule has 16 heavy (non-hydrogen) atoms. The summed E-state index contributed by atoms with van der Waals surface area (Å²) in [7, 11) is 0. The summed E-state index contributed by atoms with van der Waals surface area (Å²) in [5.74, 6) is 0. The third-order valence-electron chi connectivity index (χ3n) is 2.30. The molecule has 2 N–H and O–H groups in total. The van der Waals surface area contributed by atoms with E-state index in [1.807, 2.05) is 31.2 Å². The summed E-state index contributed by atoms with van der Waals surface area (Å²) in [5, 5.41) is 10.6. The van der Waals surface area contributed by atoms with Gasteiger partial charge in [-0.05, 0) is 12.5 Å². The third kappa shape index (κ3) is 2.24. The lowest BCUT2D eigenvalue weighted by molar-refractivity contribution is 0.683. The molecule has 0 aliphatic heterocycles. The standard InChI is InChI=1S/C11H12ClN3S/c1-2-9(13)11-15-14-10(16-11)7-5-3-4-6-8(7)12/h3-6,9H,2,13H2,1H3. The summed E-state index contributed by atoms with van der Waals surface area (Å²) >= 11 is 7.59. The maximum atomic E-state index is 6.09. The number of benzene rings is 1. The molecule has 0 spiro atoms. The second-order valence-electron chi connectivity index (χ2n) is 3.44. The zero-order valence-electron chi connectivity index (χ0n) is 8.85. The van der Waals surface area contributed by atoms with Crippen LogP contribution in [0.1, 0.15) is 24.4 Å². The van der Waals surface area contributed by atoms with E-state index in [4.69, 9.17) is 17.3 Å². The van der Waals surface area contributed by atoms with Crippen LogP contribution >= 0.6 is 22.9 Å². The van der Waals surface area contributed by atoms with Gasteiger partial charge >= 0.3 is 0 Å². The molecule has 0 fully saturated rings. The molecule has 1 atom stereocenters. The first kappa shape index (κ1) is 11.5. The van der Waals surface area contributed by atoms with E-state index in [9.17, 15) is 0 Å². The minimum Gasteiger partial charge on any atom is -0.322 e. The quantitative estimate of drug-likeness (QED) is 0.913. The summed E-state index contributed by atoms with van der Waals surface area (Å²) in [4.78, 5) is 0. The van der Waals surface area contributed by atoms with Gasteiger partial charge in [0.1, 0.15) is 10.0 Å². The van der Waals surface area contributed by atoms with Gasteiger partial charge in [0.25, 0.3) is 0 Å². The molecule has 2 rings (SSSR count). The first-order chi connectivity index (χ1) is 7.72. The van der Waals surface area contributed by atoms with Crippen LogP contribution in [0.15, 0.2) is 24.3 Å². The molecule has 0 saturated heterocycles. The minimum absolute atomic E-state index is 0.0336. The van der Waals surface area contributed by atoms with Crippen molar-refractivity contribution in [3.8, 4) is 10.6 Å². The van der Waals surface area contributed by atoms with Crippen LogP contribution in [0.3, 0.4) is 0 Å². The van der Waals surface area contributed by atoms with Crippen molar-refractivity contribution in [2.45, 2.75) is 19.4 Å². The predicted octanol–water partition coefficient (Wildman–Crippen LogP) is 3.27. The van der Waals surface area contributed by atoms with E-state index >= 15 is 0 Å². The van der Waals surface area contributed by atoms with E-state index in [1.54, 1.807) is 0 Å².